The molecule has 1 aromatic carbocycles. The van der Waals surface area contributed by atoms with Crippen LogP contribution in [0.5, 0.6) is 0 Å². The van der Waals surface area contributed by atoms with Crippen LogP contribution < -0.4 is 0 Å². The summed E-state index contributed by atoms with van der Waals surface area (Å²) in [5.41, 5.74) is 2.63. The SMILES string of the molecule is CSc1nnc2c(n1)c(C)nn2-c1ccc([N+](=O)[O-])cc1. The molecule has 0 saturated carbocycles. The summed E-state index contributed by atoms with van der Waals surface area (Å²) in [7, 11) is 0. The normalized spacial score (nSPS) is 11.0. The number of aromatic nitrogens is 5. The summed E-state index contributed by atoms with van der Waals surface area (Å²) in [6, 6.07) is 6.09. The highest BCUT2D eigenvalue weighted by Gasteiger charge is 2.14. The Morgan fingerprint density at radius 1 is 1.24 bits per heavy atom. The summed E-state index contributed by atoms with van der Waals surface area (Å²) in [5, 5.41) is 23.8. The van der Waals surface area contributed by atoms with Crippen molar-refractivity contribution in [3.63, 3.8) is 0 Å². The van der Waals surface area contributed by atoms with Crippen molar-refractivity contribution in [1.29, 1.82) is 0 Å². The number of rotatable bonds is 3. The first kappa shape index (κ1) is 13.4. The fraction of sp³-hybridized carbons (Fsp3) is 0.167. The number of fused-ring (bicyclic) bond motifs is 1. The number of thioether (sulfide) groups is 1. The predicted molar refractivity (Wildman–Crippen MR) is 77.6 cm³/mol. The Labute approximate surface area is 123 Å². The average molecular weight is 302 g/mol. The lowest BCUT2D eigenvalue weighted by Gasteiger charge is -2.01. The largest absolute Gasteiger partial charge is 0.269 e. The van der Waals surface area contributed by atoms with Gasteiger partial charge in [0.2, 0.25) is 10.8 Å². The molecule has 0 atom stereocenters. The number of nitrogens with zero attached hydrogens (tertiary/aromatic N) is 6. The Balaban J connectivity index is 2.14. The summed E-state index contributed by atoms with van der Waals surface area (Å²) in [4.78, 5) is 14.6. The highest BCUT2D eigenvalue weighted by Crippen LogP contribution is 2.21. The summed E-state index contributed by atoms with van der Waals surface area (Å²) >= 11 is 1.41. The molecule has 0 aliphatic carbocycles. The highest BCUT2D eigenvalue weighted by molar-refractivity contribution is 7.98. The standard InChI is InChI=1S/C12H10N6O2S/c1-7-10-11(14-15-12(13-10)21-2)17(16-7)8-3-5-9(6-4-8)18(19)20/h3-6H,1-2H3. The van der Waals surface area contributed by atoms with E-state index in [-0.39, 0.29) is 5.69 Å². The zero-order chi connectivity index (χ0) is 15.0. The molecule has 3 rings (SSSR count). The maximum atomic E-state index is 10.7. The van der Waals surface area contributed by atoms with Crippen molar-refractivity contribution >= 4 is 28.6 Å². The maximum Gasteiger partial charge on any atom is 0.269 e. The molecule has 3 aromatic rings. The first-order chi connectivity index (χ1) is 10.1. The molecule has 9 heteroatoms. The minimum atomic E-state index is -0.442. The molecule has 0 spiro atoms. The van der Waals surface area contributed by atoms with Crippen molar-refractivity contribution < 1.29 is 4.92 Å². The van der Waals surface area contributed by atoms with Gasteiger partial charge in [0.05, 0.1) is 16.3 Å². The van der Waals surface area contributed by atoms with Crippen molar-refractivity contribution in [3.05, 3.63) is 40.1 Å². The van der Waals surface area contributed by atoms with E-state index in [1.54, 1.807) is 16.8 Å². The monoisotopic (exact) mass is 302 g/mol. The van der Waals surface area contributed by atoms with E-state index in [2.05, 4.69) is 20.3 Å². The summed E-state index contributed by atoms with van der Waals surface area (Å²) < 4.78 is 1.58. The van der Waals surface area contributed by atoms with Gasteiger partial charge in [-0.1, -0.05) is 11.8 Å². The van der Waals surface area contributed by atoms with Crippen LogP contribution in [0.1, 0.15) is 5.69 Å². The van der Waals surface area contributed by atoms with Crippen LogP contribution in [0.4, 0.5) is 5.69 Å². The van der Waals surface area contributed by atoms with Gasteiger partial charge in [-0.25, -0.2) is 9.67 Å². The molecule has 0 fully saturated rings. The zero-order valence-corrected chi connectivity index (χ0v) is 12.0. The second-order valence-corrected chi connectivity index (χ2v) is 5.01. The van der Waals surface area contributed by atoms with Crippen LogP contribution >= 0.6 is 11.8 Å². The number of non-ortho nitro benzene ring substituents is 1. The van der Waals surface area contributed by atoms with Gasteiger partial charge in [-0.15, -0.1) is 10.2 Å². The topological polar surface area (TPSA) is 99.6 Å². The second kappa shape index (κ2) is 5.09. The van der Waals surface area contributed by atoms with Crippen molar-refractivity contribution in [2.24, 2.45) is 0 Å². The van der Waals surface area contributed by atoms with Crippen LogP contribution in [-0.4, -0.2) is 36.1 Å². The van der Waals surface area contributed by atoms with E-state index in [1.165, 1.54) is 23.9 Å². The van der Waals surface area contributed by atoms with E-state index < -0.39 is 4.92 Å². The Kier molecular flexibility index (Phi) is 3.26. The van der Waals surface area contributed by atoms with Gasteiger partial charge in [0.1, 0.15) is 5.52 Å². The lowest BCUT2D eigenvalue weighted by molar-refractivity contribution is -0.384. The van der Waals surface area contributed by atoms with Gasteiger partial charge < -0.3 is 0 Å². The molecule has 0 radical (unpaired) electrons. The van der Waals surface area contributed by atoms with Crippen molar-refractivity contribution in [1.82, 2.24) is 25.0 Å². The first-order valence-electron chi connectivity index (χ1n) is 5.99. The quantitative estimate of drug-likeness (QED) is 0.415. The van der Waals surface area contributed by atoms with Gasteiger partial charge in [-0.05, 0) is 25.3 Å². The van der Waals surface area contributed by atoms with Gasteiger partial charge in [0.15, 0.2) is 0 Å². The van der Waals surface area contributed by atoms with E-state index in [1.807, 2.05) is 13.2 Å². The van der Waals surface area contributed by atoms with Crippen LogP contribution in [0.2, 0.25) is 0 Å². The number of nitro groups is 1. The third-order valence-corrected chi connectivity index (χ3v) is 3.47. The number of nitro benzene ring substituents is 1. The van der Waals surface area contributed by atoms with Crippen molar-refractivity contribution in [2.75, 3.05) is 6.26 Å². The average Bonchev–Trinajstić information content (AvgIpc) is 2.84. The summed E-state index contributed by atoms with van der Waals surface area (Å²) in [5.74, 6) is 0. The molecule has 0 aliphatic heterocycles. The predicted octanol–water partition coefficient (Wildman–Crippen LogP) is 2.15. The summed E-state index contributed by atoms with van der Waals surface area (Å²) in [6.07, 6.45) is 1.87. The van der Waals surface area contributed by atoms with E-state index >= 15 is 0 Å². The third kappa shape index (κ3) is 2.31. The number of benzene rings is 1. The lowest BCUT2D eigenvalue weighted by atomic mass is 10.3. The summed E-state index contributed by atoms with van der Waals surface area (Å²) in [6.45, 7) is 1.84. The molecule has 0 amide bonds. The molecule has 8 nitrogen and oxygen atoms in total. The van der Waals surface area contributed by atoms with Crippen LogP contribution in [0.15, 0.2) is 29.4 Å². The smallest absolute Gasteiger partial charge is 0.258 e. The zero-order valence-electron chi connectivity index (χ0n) is 11.2. The van der Waals surface area contributed by atoms with Gasteiger partial charge in [-0.3, -0.25) is 10.1 Å². The molecule has 2 heterocycles. The van der Waals surface area contributed by atoms with Crippen LogP contribution in [-0.2, 0) is 0 Å². The number of hydrogen-bond acceptors (Lipinski definition) is 7. The first-order valence-corrected chi connectivity index (χ1v) is 7.21. The third-order valence-electron chi connectivity index (χ3n) is 2.93. The van der Waals surface area contributed by atoms with E-state index in [4.69, 9.17) is 0 Å². The van der Waals surface area contributed by atoms with Crippen molar-refractivity contribution in [3.8, 4) is 5.69 Å². The molecule has 0 N–H and O–H groups in total. The second-order valence-electron chi connectivity index (χ2n) is 4.24. The molecule has 0 aliphatic rings. The number of aryl methyl sites for hydroxylation is 1. The Bertz CT molecular complexity index is 830. The molecule has 0 unspecified atom stereocenters. The van der Waals surface area contributed by atoms with E-state index in [9.17, 15) is 10.1 Å². The minimum absolute atomic E-state index is 0.0285. The van der Waals surface area contributed by atoms with Crippen LogP contribution in [0.25, 0.3) is 16.9 Å². The number of hydrogen-bond donors (Lipinski definition) is 0. The van der Waals surface area contributed by atoms with Gasteiger partial charge in [0, 0.05) is 12.1 Å². The molecular weight excluding hydrogens is 292 g/mol. The molecular formula is C12H10N6O2S. The fourth-order valence-electron chi connectivity index (χ4n) is 1.92. The van der Waals surface area contributed by atoms with Crippen LogP contribution in [0.3, 0.4) is 0 Å². The Morgan fingerprint density at radius 2 is 1.95 bits per heavy atom. The Hall–Kier alpha value is -2.55. The van der Waals surface area contributed by atoms with Crippen molar-refractivity contribution in [2.45, 2.75) is 12.1 Å². The lowest BCUT2D eigenvalue weighted by Crippen LogP contribution is -2.00. The van der Waals surface area contributed by atoms with E-state index in [0.717, 1.165) is 5.69 Å². The Morgan fingerprint density at radius 3 is 2.57 bits per heavy atom. The molecule has 0 saturated heterocycles. The highest BCUT2D eigenvalue weighted by atomic mass is 32.2. The molecule has 21 heavy (non-hydrogen) atoms. The molecule has 106 valence electrons. The van der Waals surface area contributed by atoms with Gasteiger partial charge in [0.25, 0.3) is 5.69 Å². The molecule has 0 bridgehead atoms. The van der Waals surface area contributed by atoms with Gasteiger partial charge >= 0.3 is 0 Å². The molecule has 2 aromatic heterocycles. The van der Waals surface area contributed by atoms with E-state index in [0.29, 0.717) is 22.0 Å². The van der Waals surface area contributed by atoms with Crippen LogP contribution in [0, 0.1) is 17.0 Å². The minimum Gasteiger partial charge on any atom is -0.258 e. The van der Waals surface area contributed by atoms with Gasteiger partial charge in [-0.2, -0.15) is 5.10 Å². The maximum absolute atomic E-state index is 10.7. The fourth-order valence-corrected chi connectivity index (χ4v) is 2.22.